The maximum absolute atomic E-state index is 11.8. The van der Waals surface area contributed by atoms with Crippen molar-refractivity contribution in [3.05, 3.63) is 17.0 Å². The zero-order valence-electron chi connectivity index (χ0n) is 9.70. The Morgan fingerprint density at radius 1 is 1.56 bits per heavy atom. The molecule has 0 unspecified atom stereocenters. The van der Waals surface area contributed by atoms with Gasteiger partial charge in [-0.15, -0.1) is 0 Å². The number of carbonyl (C=O) groups excluding carboxylic acids is 1. The van der Waals surface area contributed by atoms with E-state index in [1.165, 1.54) is 0 Å². The van der Waals surface area contributed by atoms with Crippen molar-refractivity contribution in [2.75, 3.05) is 6.61 Å². The highest BCUT2D eigenvalue weighted by Crippen LogP contribution is 2.32. The number of hydrogen-bond donors (Lipinski definition) is 1. The van der Waals surface area contributed by atoms with Crippen molar-refractivity contribution in [1.82, 2.24) is 15.4 Å². The minimum Gasteiger partial charge on any atom is -0.463 e. The molecule has 0 radical (unpaired) electrons. The lowest BCUT2D eigenvalue weighted by Gasteiger charge is -2.21. The first-order valence-corrected chi connectivity index (χ1v) is 5.43. The minimum absolute atomic E-state index is 0.136. The number of nitrogens with one attached hydrogen (secondary N) is 1. The third kappa shape index (κ3) is 1.62. The second-order valence-electron chi connectivity index (χ2n) is 3.98. The van der Waals surface area contributed by atoms with Gasteiger partial charge in [0, 0.05) is 12.0 Å². The molecule has 1 aliphatic rings. The van der Waals surface area contributed by atoms with Crippen molar-refractivity contribution in [3.8, 4) is 0 Å². The third-order valence-electron chi connectivity index (χ3n) is 2.87. The van der Waals surface area contributed by atoms with Crippen molar-refractivity contribution < 1.29 is 9.53 Å². The van der Waals surface area contributed by atoms with Gasteiger partial charge in [-0.05, 0) is 25.3 Å². The van der Waals surface area contributed by atoms with E-state index in [2.05, 4.69) is 15.4 Å². The van der Waals surface area contributed by atoms with E-state index in [9.17, 15) is 4.79 Å². The largest absolute Gasteiger partial charge is 0.463 e. The molecule has 0 saturated heterocycles. The summed E-state index contributed by atoms with van der Waals surface area (Å²) in [6.45, 7) is 6.10. The van der Waals surface area contributed by atoms with Crippen LogP contribution >= 0.6 is 0 Å². The molecule has 0 saturated carbocycles. The lowest BCUT2D eigenvalue weighted by atomic mass is 9.85. The quantitative estimate of drug-likeness (QED) is 0.765. The maximum Gasteiger partial charge on any atom is 0.334 e. The highest BCUT2D eigenvalue weighted by molar-refractivity contribution is 5.98. The number of hydrogen-bond acceptors (Lipinski definition) is 4. The zero-order valence-corrected chi connectivity index (χ0v) is 9.70. The number of nitrogens with zero attached hydrogens (tertiary/aromatic N) is 2. The molecule has 2 rings (SSSR count). The van der Waals surface area contributed by atoms with Gasteiger partial charge in [-0.1, -0.05) is 6.92 Å². The number of H-pyrrole nitrogens is 1. The second kappa shape index (κ2) is 4.08. The molecule has 1 heterocycles. The third-order valence-corrected chi connectivity index (χ3v) is 2.87. The molecule has 0 bridgehead atoms. The summed E-state index contributed by atoms with van der Waals surface area (Å²) >= 11 is 0. The molecule has 1 aromatic rings. The van der Waals surface area contributed by atoms with Gasteiger partial charge in [0.05, 0.1) is 12.3 Å². The van der Waals surface area contributed by atoms with Crippen LogP contribution < -0.4 is 0 Å². The Labute approximate surface area is 93.9 Å². The van der Waals surface area contributed by atoms with Gasteiger partial charge < -0.3 is 4.74 Å². The standard InChI is InChI=1S/C11H15N3O2/c1-4-16-11(15)9-6(2)5-8-10(7(9)3)13-14-12-8/h6H,4-5H2,1-3H3,(H,12,13,14)/t6-/m0/s1. The Balaban J connectivity index is 2.43. The number of esters is 1. The maximum atomic E-state index is 11.8. The molecular weight excluding hydrogens is 206 g/mol. The van der Waals surface area contributed by atoms with E-state index < -0.39 is 0 Å². The summed E-state index contributed by atoms with van der Waals surface area (Å²) in [5.74, 6) is -0.0993. The molecule has 1 aliphatic carbocycles. The SMILES string of the molecule is CCOC(=O)C1=C(C)c2n[nH]nc2C[C@@H]1C. The predicted molar refractivity (Wildman–Crippen MR) is 58.5 cm³/mol. The van der Waals surface area contributed by atoms with E-state index in [0.29, 0.717) is 6.61 Å². The smallest absolute Gasteiger partial charge is 0.334 e. The molecule has 0 aliphatic heterocycles. The second-order valence-corrected chi connectivity index (χ2v) is 3.98. The summed E-state index contributed by atoms with van der Waals surface area (Å²) in [7, 11) is 0. The summed E-state index contributed by atoms with van der Waals surface area (Å²) in [5.41, 5.74) is 3.32. The minimum atomic E-state index is -0.235. The fraction of sp³-hybridized carbons (Fsp3) is 0.545. The van der Waals surface area contributed by atoms with Crippen LogP contribution in [0.4, 0.5) is 0 Å². The molecule has 0 fully saturated rings. The molecule has 0 amide bonds. The van der Waals surface area contributed by atoms with Crippen LogP contribution in [-0.2, 0) is 16.0 Å². The molecule has 1 N–H and O–H groups in total. The van der Waals surface area contributed by atoms with Gasteiger partial charge in [0.2, 0.25) is 0 Å². The molecular formula is C11H15N3O2. The van der Waals surface area contributed by atoms with Crippen LogP contribution in [0.25, 0.3) is 5.57 Å². The lowest BCUT2D eigenvalue weighted by molar-refractivity contribution is -0.139. The van der Waals surface area contributed by atoms with Gasteiger partial charge in [0.25, 0.3) is 0 Å². The number of aromatic amines is 1. The van der Waals surface area contributed by atoms with E-state index in [1.54, 1.807) is 0 Å². The van der Waals surface area contributed by atoms with E-state index in [1.807, 2.05) is 20.8 Å². The first kappa shape index (κ1) is 10.9. The first-order valence-electron chi connectivity index (χ1n) is 5.43. The lowest BCUT2D eigenvalue weighted by Crippen LogP contribution is -2.21. The monoisotopic (exact) mass is 221 g/mol. The van der Waals surface area contributed by atoms with Crippen LogP contribution in [-0.4, -0.2) is 28.0 Å². The molecule has 86 valence electrons. The number of allylic oxidation sites excluding steroid dienone is 1. The van der Waals surface area contributed by atoms with Crippen molar-refractivity contribution in [2.45, 2.75) is 27.2 Å². The number of aromatic nitrogens is 3. The summed E-state index contributed by atoms with van der Waals surface area (Å²) in [4.78, 5) is 11.8. The first-order chi connectivity index (χ1) is 7.65. The molecule has 5 nitrogen and oxygen atoms in total. The van der Waals surface area contributed by atoms with E-state index in [0.717, 1.165) is 29.0 Å². The number of rotatable bonds is 2. The van der Waals surface area contributed by atoms with Gasteiger partial charge in [-0.3, -0.25) is 0 Å². The average Bonchev–Trinajstić information content (AvgIpc) is 2.66. The van der Waals surface area contributed by atoms with E-state index in [4.69, 9.17) is 4.74 Å². The van der Waals surface area contributed by atoms with Crippen LogP contribution in [0, 0.1) is 5.92 Å². The van der Waals surface area contributed by atoms with Crippen LogP contribution in [0.2, 0.25) is 0 Å². The van der Waals surface area contributed by atoms with Crippen molar-refractivity contribution in [1.29, 1.82) is 0 Å². The normalized spacial score (nSPS) is 19.6. The average molecular weight is 221 g/mol. The topological polar surface area (TPSA) is 67.9 Å². The summed E-state index contributed by atoms with van der Waals surface area (Å²) in [6.07, 6.45) is 0.733. The Kier molecular flexibility index (Phi) is 2.77. The van der Waals surface area contributed by atoms with Gasteiger partial charge >= 0.3 is 5.97 Å². The fourth-order valence-electron chi connectivity index (χ4n) is 2.15. The van der Waals surface area contributed by atoms with Gasteiger partial charge in [-0.25, -0.2) is 4.79 Å². The Hall–Kier alpha value is -1.65. The van der Waals surface area contributed by atoms with Gasteiger partial charge in [0.15, 0.2) is 0 Å². The van der Waals surface area contributed by atoms with Crippen molar-refractivity contribution in [3.63, 3.8) is 0 Å². The van der Waals surface area contributed by atoms with Gasteiger partial charge in [0.1, 0.15) is 5.69 Å². The predicted octanol–water partition coefficient (Wildman–Crippen LogP) is 1.33. The highest BCUT2D eigenvalue weighted by Gasteiger charge is 2.30. The van der Waals surface area contributed by atoms with E-state index in [-0.39, 0.29) is 11.9 Å². The van der Waals surface area contributed by atoms with Crippen LogP contribution in [0.1, 0.15) is 32.2 Å². The zero-order chi connectivity index (χ0) is 11.7. The Bertz CT molecular complexity index is 448. The van der Waals surface area contributed by atoms with Crippen LogP contribution in [0.15, 0.2) is 5.57 Å². The number of fused-ring (bicyclic) bond motifs is 1. The van der Waals surface area contributed by atoms with Crippen molar-refractivity contribution >= 4 is 11.5 Å². The van der Waals surface area contributed by atoms with Crippen molar-refractivity contribution in [2.24, 2.45) is 5.92 Å². The molecule has 5 heteroatoms. The van der Waals surface area contributed by atoms with Crippen LogP contribution in [0.3, 0.4) is 0 Å². The number of ether oxygens (including phenoxy) is 1. The molecule has 16 heavy (non-hydrogen) atoms. The molecule has 1 aromatic heterocycles. The molecule has 1 atom stereocenters. The Morgan fingerprint density at radius 2 is 2.31 bits per heavy atom. The summed E-state index contributed by atoms with van der Waals surface area (Å²) in [5, 5.41) is 10.7. The molecule has 0 aromatic carbocycles. The van der Waals surface area contributed by atoms with E-state index >= 15 is 0 Å². The summed E-state index contributed by atoms with van der Waals surface area (Å²) < 4.78 is 5.06. The molecule has 0 spiro atoms. The van der Waals surface area contributed by atoms with Gasteiger partial charge in [-0.2, -0.15) is 15.4 Å². The Morgan fingerprint density at radius 3 is 3.00 bits per heavy atom. The fourth-order valence-corrected chi connectivity index (χ4v) is 2.15. The number of carbonyl (C=O) groups is 1. The summed E-state index contributed by atoms with van der Waals surface area (Å²) in [6, 6.07) is 0. The highest BCUT2D eigenvalue weighted by atomic mass is 16.5. The van der Waals surface area contributed by atoms with Crippen LogP contribution in [0.5, 0.6) is 0 Å².